The molecule has 2 aliphatic rings. The van der Waals surface area contributed by atoms with E-state index in [-0.39, 0.29) is 18.1 Å². The van der Waals surface area contributed by atoms with Crippen LogP contribution in [-0.4, -0.2) is 64.3 Å². The van der Waals surface area contributed by atoms with Crippen molar-refractivity contribution >= 4 is 5.91 Å². The van der Waals surface area contributed by atoms with Gasteiger partial charge in [-0.2, -0.15) is 5.10 Å². The first-order valence-corrected chi connectivity index (χ1v) is 10.3. The van der Waals surface area contributed by atoms with Crippen molar-refractivity contribution in [3.63, 3.8) is 0 Å². The van der Waals surface area contributed by atoms with Gasteiger partial charge in [-0.3, -0.25) is 14.8 Å². The summed E-state index contributed by atoms with van der Waals surface area (Å²) in [4.78, 5) is 17.5. The number of amides is 1. The van der Waals surface area contributed by atoms with Crippen molar-refractivity contribution in [3.05, 3.63) is 53.3 Å². The topological polar surface area (TPSA) is 61.5 Å². The van der Waals surface area contributed by atoms with Crippen molar-refractivity contribution in [2.75, 3.05) is 26.2 Å². The Morgan fingerprint density at radius 3 is 2.50 bits per heavy atom. The molecular weight excluding hydrogens is 352 g/mol. The third-order valence-electron chi connectivity index (χ3n) is 5.85. The summed E-state index contributed by atoms with van der Waals surface area (Å²) in [6.07, 6.45) is 3.95. The first kappa shape index (κ1) is 19.2. The van der Waals surface area contributed by atoms with Gasteiger partial charge in [0, 0.05) is 25.6 Å². The van der Waals surface area contributed by atoms with Crippen molar-refractivity contribution < 1.29 is 9.53 Å². The molecule has 2 aromatic rings. The smallest absolute Gasteiger partial charge is 0.257 e. The Balaban J connectivity index is 1.39. The lowest BCUT2D eigenvalue weighted by atomic mass is 9.90. The zero-order valence-electron chi connectivity index (χ0n) is 16.8. The van der Waals surface area contributed by atoms with Gasteiger partial charge in [0.05, 0.1) is 29.7 Å². The van der Waals surface area contributed by atoms with Gasteiger partial charge in [0.1, 0.15) is 0 Å². The Morgan fingerprint density at radius 2 is 1.82 bits per heavy atom. The van der Waals surface area contributed by atoms with E-state index in [1.54, 1.807) is 6.20 Å². The van der Waals surface area contributed by atoms with Gasteiger partial charge in [-0.05, 0) is 45.3 Å². The minimum atomic E-state index is 0.0734. The number of H-pyrrole nitrogens is 1. The molecule has 0 radical (unpaired) electrons. The fourth-order valence-electron chi connectivity index (χ4n) is 4.51. The van der Waals surface area contributed by atoms with Gasteiger partial charge in [0.15, 0.2) is 0 Å². The van der Waals surface area contributed by atoms with Crippen LogP contribution in [0.15, 0.2) is 36.5 Å². The highest BCUT2D eigenvalue weighted by molar-refractivity contribution is 5.95. The molecule has 6 nitrogen and oxygen atoms in total. The molecule has 0 aliphatic carbocycles. The maximum absolute atomic E-state index is 13.1. The molecule has 1 N–H and O–H groups in total. The first-order valence-electron chi connectivity index (χ1n) is 10.3. The number of carbonyl (C=O) groups is 1. The standard InChI is InChI=1S/C22H30N4O2/c1-16-13-26(14-17(2)28-16)22(27)20-12-23-24-21(20)19-8-10-25(11-9-19)15-18-6-4-3-5-7-18/h3-7,12,16-17,19H,8-11,13-15H2,1-2H3,(H,23,24)/t16-,17-/m0/s1. The second-order valence-electron chi connectivity index (χ2n) is 8.20. The molecule has 3 heterocycles. The molecule has 1 aromatic heterocycles. The van der Waals surface area contributed by atoms with Crippen LogP contribution in [0.1, 0.15) is 54.2 Å². The van der Waals surface area contributed by atoms with Gasteiger partial charge >= 0.3 is 0 Å². The molecule has 0 saturated carbocycles. The van der Waals surface area contributed by atoms with Crippen molar-refractivity contribution in [2.24, 2.45) is 0 Å². The molecule has 2 aliphatic heterocycles. The van der Waals surface area contributed by atoms with E-state index in [4.69, 9.17) is 4.74 Å². The lowest BCUT2D eigenvalue weighted by Gasteiger charge is -2.36. The summed E-state index contributed by atoms with van der Waals surface area (Å²) in [5, 5.41) is 7.36. The van der Waals surface area contributed by atoms with Gasteiger partial charge in [-0.1, -0.05) is 30.3 Å². The molecule has 4 rings (SSSR count). The van der Waals surface area contributed by atoms with E-state index in [0.717, 1.165) is 43.7 Å². The van der Waals surface area contributed by atoms with Gasteiger partial charge < -0.3 is 9.64 Å². The van der Waals surface area contributed by atoms with Crippen molar-refractivity contribution in [1.29, 1.82) is 0 Å². The van der Waals surface area contributed by atoms with Crippen LogP contribution in [0.4, 0.5) is 0 Å². The van der Waals surface area contributed by atoms with E-state index < -0.39 is 0 Å². The number of nitrogens with one attached hydrogen (secondary N) is 1. The minimum absolute atomic E-state index is 0.0734. The van der Waals surface area contributed by atoms with E-state index >= 15 is 0 Å². The third-order valence-corrected chi connectivity index (χ3v) is 5.85. The average Bonchev–Trinajstić information content (AvgIpc) is 3.18. The molecule has 0 unspecified atom stereocenters. The third kappa shape index (κ3) is 4.28. The van der Waals surface area contributed by atoms with E-state index in [1.807, 2.05) is 18.7 Å². The number of carbonyl (C=O) groups excluding carboxylic acids is 1. The van der Waals surface area contributed by atoms with Crippen LogP contribution in [0.25, 0.3) is 0 Å². The van der Waals surface area contributed by atoms with Crippen LogP contribution in [0.2, 0.25) is 0 Å². The van der Waals surface area contributed by atoms with Crippen LogP contribution in [0.5, 0.6) is 0 Å². The summed E-state index contributed by atoms with van der Waals surface area (Å²) < 4.78 is 5.77. The Bertz CT molecular complexity index is 773. The van der Waals surface area contributed by atoms with Gasteiger partial charge in [-0.15, -0.1) is 0 Å². The van der Waals surface area contributed by atoms with Crippen LogP contribution in [0, 0.1) is 0 Å². The first-order chi connectivity index (χ1) is 13.6. The highest BCUT2D eigenvalue weighted by Gasteiger charge is 2.31. The second-order valence-corrected chi connectivity index (χ2v) is 8.20. The summed E-state index contributed by atoms with van der Waals surface area (Å²) in [7, 11) is 0. The quantitative estimate of drug-likeness (QED) is 0.883. The zero-order valence-corrected chi connectivity index (χ0v) is 16.8. The predicted molar refractivity (Wildman–Crippen MR) is 108 cm³/mol. The molecule has 1 aromatic carbocycles. The maximum Gasteiger partial charge on any atom is 0.257 e. The number of likely N-dealkylation sites (tertiary alicyclic amines) is 1. The van der Waals surface area contributed by atoms with Crippen molar-refractivity contribution in [2.45, 2.75) is 51.4 Å². The number of nitrogens with zero attached hydrogens (tertiary/aromatic N) is 3. The summed E-state index contributed by atoms with van der Waals surface area (Å²) >= 11 is 0. The highest BCUT2D eigenvalue weighted by atomic mass is 16.5. The van der Waals surface area contributed by atoms with E-state index in [2.05, 4.69) is 45.4 Å². The number of aromatic nitrogens is 2. The van der Waals surface area contributed by atoms with E-state index in [9.17, 15) is 4.79 Å². The molecule has 6 heteroatoms. The van der Waals surface area contributed by atoms with E-state index in [1.165, 1.54) is 5.56 Å². The monoisotopic (exact) mass is 382 g/mol. The minimum Gasteiger partial charge on any atom is -0.372 e. The van der Waals surface area contributed by atoms with E-state index in [0.29, 0.717) is 19.0 Å². The van der Waals surface area contributed by atoms with Crippen molar-refractivity contribution in [1.82, 2.24) is 20.0 Å². The summed E-state index contributed by atoms with van der Waals surface area (Å²) in [5.74, 6) is 0.446. The normalized spacial score (nSPS) is 24.4. The lowest BCUT2D eigenvalue weighted by molar-refractivity contribution is -0.0586. The summed E-state index contributed by atoms with van der Waals surface area (Å²) in [6.45, 7) is 8.40. The molecule has 0 spiro atoms. The summed E-state index contributed by atoms with van der Waals surface area (Å²) in [6, 6.07) is 10.6. The fourth-order valence-corrected chi connectivity index (χ4v) is 4.51. The Morgan fingerprint density at radius 1 is 1.14 bits per heavy atom. The predicted octanol–water partition coefficient (Wildman–Crippen LogP) is 3.04. The maximum atomic E-state index is 13.1. The molecule has 0 bridgehead atoms. The number of benzene rings is 1. The van der Waals surface area contributed by atoms with Gasteiger partial charge in [-0.25, -0.2) is 0 Å². The average molecular weight is 383 g/mol. The number of morpholine rings is 1. The Labute approximate surface area is 166 Å². The number of rotatable bonds is 4. The van der Waals surface area contributed by atoms with Gasteiger partial charge in [0.25, 0.3) is 5.91 Å². The van der Waals surface area contributed by atoms with Crippen LogP contribution < -0.4 is 0 Å². The molecule has 28 heavy (non-hydrogen) atoms. The van der Waals surface area contributed by atoms with Crippen LogP contribution in [-0.2, 0) is 11.3 Å². The van der Waals surface area contributed by atoms with Crippen LogP contribution in [0.3, 0.4) is 0 Å². The van der Waals surface area contributed by atoms with Gasteiger partial charge in [0.2, 0.25) is 0 Å². The molecule has 2 atom stereocenters. The largest absolute Gasteiger partial charge is 0.372 e. The Kier molecular flexibility index (Phi) is 5.78. The number of aromatic amines is 1. The SMILES string of the molecule is C[C@H]1CN(C(=O)c2cn[nH]c2C2CCN(Cc3ccccc3)CC2)C[C@H](C)O1. The second kappa shape index (κ2) is 8.45. The number of hydrogen-bond acceptors (Lipinski definition) is 4. The fraction of sp³-hybridized carbons (Fsp3) is 0.545. The molecule has 1 amide bonds. The molecule has 150 valence electrons. The summed E-state index contributed by atoms with van der Waals surface area (Å²) in [5.41, 5.74) is 3.10. The zero-order chi connectivity index (χ0) is 19.5. The molecule has 2 fully saturated rings. The lowest BCUT2D eigenvalue weighted by Crippen LogP contribution is -2.48. The number of piperidine rings is 1. The molecule has 2 saturated heterocycles. The highest BCUT2D eigenvalue weighted by Crippen LogP contribution is 2.30. The Hall–Kier alpha value is -2.18. The van der Waals surface area contributed by atoms with Crippen LogP contribution >= 0.6 is 0 Å². The number of hydrogen-bond donors (Lipinski definition) is 1. The van der Waals surface area contributed by atoms with Crippen molar-refractivity contribution in [3.8, 4) is 0 Å². The molecular formula is C22H30N4O2. The number of ether oxygens (including phenoxy) is 1.